The molecule has 1 aliphatic heterocycles. The minimum Gasteiger partial charge on any atom is -0.508 e. The van der Waals surface area contributed by atoms with Crippen LogP contribution in [0.25, 0.3) is 0 Å². The second kappa shape index (κ2) is 3.64. The molecule has 1 heterocycles. The lowest BCUT2D eigenvalue weighted by atomic mass is 9.93. The Morgan fingerprint density at radius 1 is 1.57 bits per heavy atom. The van der Waals surface area contributed by atoms with Gasteiger partial charge in [0.05, 0.1) is 6.04 Å². The molecule has 0 aliphatic carbocycles. The highest BCUT2D eigenvalue weighted by atomic mass is 35.5. The summed E-state index contributed by atoms with van der Waals surface area (Å²) >= 11 is 6.09. The lowest BCUT2D eigenvalue weighted by molar-refractivity contribution is 0.457. The van der Waals surface area contributed by atoms with Gasteiger partial charge >= 0.3 is 0 Å². The molecule has 0 saturated heterocycles. The molecule has 0 saturated carbocycles. The molecule has 1 atom stereocenters. The van der Waals surface area contributed by atoms with Gasteiger partial charge in [-0.25, -0.2) is 0 Å². The quantitative estimate of drug-likeness (QED) is 0.697. The van der Waals surface area contributed by atoms with E-state index in [-0.39, 0.29) is 6.04 Å². The van der Waals surface area contributed by atoms with Gasteiger partial charge in [-0.1, -0.05) is 17.7 Å². The van der Waals surface area contributed by atoms with Crippen molar-refractivity contribution in [2.24, 2.45) is 0 Å². The molecule has 1 unspecified atom stereocenters. The highest BCUT2D eigenvalue weighted by molar-refractivity contribution is 6.31. The van der Waals surface area contributed by atoms with E-state index in [0.29, 0.717) is 10.8 Å². The Bertz CT molecular complexity index is 376. The molecule has 2 rings (SSSR count). The summed E-state index contributed by atoms with van der Waals surface area (Å²) in [7, 11) is 0. The van der Waals surface area contributed by atoms with Crippen LogP contribution in [0.5, 0.6) is 5.75 Å². The summed E-state index contributed by atoms with van der Waals surface area (Å²) in [4.78, 5) is 0. The second-order valence-corrected chi connectivity index (χ2v) is 3.78. The van der Waals surface area contributed by atoms with Crippen LogP contribution in [0.15, 0.2) is 24.8 Å². The monoisotopic (exact) mass is 209 g/mol. The molecule has 3 heteroatoms. The predicted molar refractivity (Wildman–Crippen MR) is 57.8 cm³/mol. The van der Waals surface area contributed by atoms with Crippen molar-refractivity contribution in [1.29, 1.82) is 0 Å². The van der Waals surface area contributed by atoms with Gasteiger partial charge in [-0.15, -0.1) is 6.58 Å². The molecule has 0 fully saturated rings. The second-order valence-electron chi connectivity index (χ2n) is 3.38. The molecule has 0 amide bonds. The van der Waals surface area contributed by atoms with Crippen LogP contribution >= 0.6 is 11.6 Å². The van der Waals surface area contributed by atoms with Gasteiger partial charge in [-0.2, -0.15) is 0 Å². The molecule has 0 bridgehead atoms. The molecule has 14 heavy (non-hydrogen) atoms. The SMILES string of the molecule is C=CC1NCCc2c(O)ccc(Cl)c21. The number of phenolic OH excluding ortho intramolecular Hbond substituents is 1. The van der Waals surface area contributed by atoms with Crippen molar-refractivity contribution in [1.82, 2.24) is 5.32 Å². The molecule has 2 N–H and O–H groups in total. The average Bonchev–Trinajstić information content (AvgIpc) is 2.23. The maximum Gasteiger partial charge on any atom is 0.119 e. The first-order valence-electron chi connectivity index (χ1n) is 4.60. The summed E-state index contributed by atoms with van der Waals surface area (Å²) in [5, 5.41) is 13.6. The summed E-state index contributed by atoms with van der Waals surface area (Å²) in [6.45, 7) is 4.60. The van der Waals surface area contributed by atoms with Crippen molar-refractivity contribution in [2.75, 3.05) is 6.54 Å². The summed E-state index contributed by atoms with van der Waals surface area (Å²) in [6, 6.07) is 3.42. The first-order chi connectivity index (χ1) is 6.74. The van der Waals surface area contributed by atoms with Crippen LogP contribution in [0.4, 0.5) is 0 Å². The zero-order valence-electron chi connectivity index (χ0n) is 7.76. The number of halogens is 1. The normalized spacial score (nSPS) is 20.2. The first-order valence-corrected chi connectivity index (χ1v) is 4.98. The third kappa shape index (κ3) is 1.41. The van der Waals surface area contributed by atoms with Gasteiger partial charge in [0.1, 0.15) is 5.75 Å². The van der Waals surface area contributed by atoms with Crippen LogP contribution in [-0.2, 0) is 6.42 Å². The molecule has 1 aliphatic rings. The molecular weight excluding hydrogens is 198 g/mol. The summed E-state index contributed by atoms with van der Waals surface area (Å²) in [5.41, 5.74) is 1.91. The molecule has 74 valence electrons. The number of hydrogen-bond donors (Lipinski definition) is 2. The van der Waals surface area contributed by atoms with E-state index in [0.717, 1.165) is 24.1 Å². The van der Waals surface area contributed by atoms with Gasteiger partial charge in [0.25, 0.3) is 0 Å². The van der Waals surface area contributed by atoms with E-state index < -0.39 is 0 Å². The van der Waals surface area contributed by atoms with Crippen molar-refractivity contribution >= 4 is 11.6 Å². The van der Waals surface area contributed by atoms with Gasteiger partial charge in [-0.05, 0) is 24.1 Å². The van der Waals surface area contributed by atoms with Gasteiger partial charge in [0.15, 0.2) is 0 Å². The van der Waals surface area contributed by atoms with E-state index in [1.54, 1.807) is 12.1 Å². The van der Waals surface area contributed by atoms with E-state index in [9.17, 15) is 5.11 Å². The van der Waals surface area contributed by atoms with E-state index in [2.05, 4.69) is 11.9 Å². The average molecular weight is 210 g/mol. The van der Waals surface area contributed by atoms with Crippen molar-refractivity contribution in [3.8, 4) is 5.75 Å². The smallest absolute Gasteiger partial charge is 0.119 e. The van der Waals surface area contributed by atoms with Crippen LogP contribution in [0, 0.1) is 0 Å². The third-order valence-electron chi connectivity index (χ3n) is 2.57. The largest absolute Gasteiger partial charge is 0.508 e. The van der Waals surface area contributed by atoms with Gasteiger partial charge < -0.3 is 10.4 Å². The van der Waals surface area contributed by atoms with Gasteiger partial charge in [0, 0.05) is 17.1 Å². The maximum atomic E-state index is 9.67. The molecular formula is C11H12ClNO. The van der Waals surface area contributed by atoms with E-state index >= 15 is 0 Å². The minimum atomic E-state index is 0.0540. The summed E-state index contributed by atoms with van der Waals surface area (Å²) < 4.78 is 0. The van der Waals surface area contributed by atoms with Crippen molar-refractivity contribution in [3.05, 3.63) is 40.9 Å². The topological polar surface area (TPSA) is 32.3 Å². The Morgan fingerprint density at radius 3 is 3.07 bits per heavy atom. The Hall–Kier alpha value is -0.990. The summed E-state index contributed by atoms with van der Waals surface area (Å²) in [5.74, 6) is 0.331. The van der Waals surface area contributed by atoms with Gasteiger partial charge in [-0.3, -0.25) is 0 Å². The summed E-state index contributed by atoms with van der Waals surface area (Å²) in [6.07, 6.45) is 2.62. The van der Waals surface area contributed by atoms with Crippen LogP contribution in [0.3, 0.4) is 0 Å². The molecule has 0 spiro atoms. The minimum absolute atomic E-state index is 0.0540. The van der Waals surface area contributed by atoms with Crippen molar-refractivity contribution in [2.45, 2.75) is 12.5 Å². The van der Waals surface area contributed by atoms with Crippen LogP contribution in [-0.4, -0.2) is 11.7 Å². The molecule has 0 aromatic heterocycles. The fourth-order valence-corrected chi connectivity index (χ4v) is 2.17. The van der Waals surface area contributed by atoms with E-state index in [4.69, 9.17) is 11.6 Å². The molecule has 1 aromatic rings. The van der Waals surface area contributed by atoms with Crippen LogP contribution in [0.1, 0.15) is 17.2 Å². The number of rotatable bonds is 1. The highest BCUT2D eigenvalue weighted by Crippen LogP contribution is 2.35. The zero-order valence-corrected chi connectivity index (χ0v) is 8.51. The van der Waals surface area contributed by atoms with Crippen LogP contribution < -0.4 is 5.32 Å². The molecule has 0 radical (unpaired) electrons. The van der Waals surface area contributed by atoms with Crippen molar-refractivity contribution < 1.29 is 5.11 Å². The Morgan fingerprint density at radius 2 is 2.36 bits per heavy atom. The zero-order chi connectivity index (χ0) is 10.1. The number of benzene rings is 1. The van der Waals surface area contributed by atoms with Crippen molar-refractivity contribution in [3.63, 3.8) is 0 Å². The van der Waals surface area contributed by atoms with E-state index in [1.807, 2.05) is 6.08 Å². The number of phenols is 1. The molecule has 1 aromatic carbocycles. The fraction of sp³-hybridized carbons (Fsp3) is 0.273. The Balaban J connectivity index is 2.60. The maximum absolute atomic E-state index is 9.67. The van der Waals surface area contributed by atoms with E-state index in [1.165, 1.54) is 0 Å². The van der Waals surface area contributed by atoms with Gasteiger partial charge in [0.2, 0.25) is 0 Å². The number of nitrogens with one attached hydrogen (secondary N) is 1. The predicted octanol–water partition coefficient (Wildman–Crippen LogP) is 2.42. The Labute approximate surface area is 88.2 Å². The third-order valence-corrected chi connectivity index (χ3v) is 2.89. The number of aromatic hydroxyl groups is 1. The molecule has 2 nitrogen and oxygen atoms in total. The lowest BCUT2D eigenvalue weighted by Gasteiger charge is -2.26. The lowest BCUT2D eigenvalue weighted by Crippen LogP contribution is -2.28. The first kappa shape index (κ1) is 9.56. The fourth-order valence-electron chi connectivity index (χ4n) is 1.88. The Kier molecular flexibility index (Phi) is 2.48. The standard InChI is InChI=1S/C11H12ClNO/c1-2-9-11-7(5-6-13-9)10(14)4-3-8(11)12/h2-4,9,13-14H,1,5-6H2. The number of hydrogen-bond acceptors (Lipinski definition) is 2. The highest BCUT2D eigenvalue weighted by Gasteiger charge is 2.22. The van der Waals surface area contributed by atoms with Crippen LogP contribution in [0.2, 0.25) is 5.02 Å². The number of fused-ring (bicyclic) bond motifs is 1.